The fraction of sp³-hybridized carbons (Fsp3) is 0.0541. The molecule has 5 aromatic rings. The maximum Gasteiger partial charge on any atom is 0.272 e. The highest BCUT2D eigenvalue weighted by Gasteiger charge is 2.24. The molecule has 3 amide bonds. The van der Waals surface area contributed by atoms with E-state index in [0.717, 1.165) is 21.6 Å². The van der Waals surface area contributed by atoms with Crippen molar-refractivity contribution in [2.75, 3.05) is 10.6 Å². The predicted molar refractivity (Wildman–Crippen MR) is 188 cm³/mol. The Hall–Kier alpha value is -4.82. The van der Waals surface area contributed by atoms with Gasteiger partial charge < -0.3 is 16.0 Å². The Labute approximate surface area is 281 Å². The minimum atomic E-state index is -0.649. The van der Waals surface area contributed by atoms with E-state index in [2.05, 4.69) is 16.0 Å². The van der Waals surface area contributed by atoms with Crippen molar-refractivity contribution in [1.29, 1.82) is 0 Å². The maximum absolute atomic E-state index is 13.6. The van der Waals surface area contributed by atoms with Crippen LogP contribution in [0.4, 0.5) is 11.4 Å². The Morgan fingerprint density at radius 1 is 0.739 bits per heavy atom. The zero-order valence-electron chi connectivity index (χ0n) is 24.7. The first kappa shape index (κ1) is 32.6. The number of amides is 3. The lowest BCUT2D eigenvalue weighted by atomic mass is 10.1. The normalized spacial score (nSPS) is 11.8. The Morgan fingerprint density at radius 2 is 1.41 bits per heavy atom. The molecule has 0 aliphatic carbocycles. The molecule has 230 valence electrons. The van der Waals surface area contributed by atoms with Gasteiger partial charge in [0.1, 0.15) is 10.9 Å². The number of nitrogens with one attached hydrogen (secondary N) is 3. The molecule has 0 radical (unpaired) electrons. The molecule has 0 bridgehead atoms. The van der Waals surface area contributed by atoms with Gasteiger partial charge in [-0.15, -0.1) is 11.8 Å². The van der Waals surface area contributed by atoms with Crippen LogP contribution in [0.1, 0.15) is 32.3 Å². The van der Waals surface area contributed by atoms with Crippen molar-refractivity contribution in [3.05, 3.63) is 165 Å². The number of carbonyl (C=O) groups is 3. The zero-order chi connectivity index (χ0) is 32.5. The lowest BCUT2D eigenvalue weighted by Crippen LogP contribution is -2.30. The first-order chi connectivity index (χ1) is 22.3. The summed E-state index contributed by atoms with van der Waals surface area (Å²) in [6.45, 7) is 1.97. The van der Waals surface area contributed by atoms with E-state index in [4.69, 9.17) is 23.2 Å². The molecule has 0 saturated carbocycles. The van der Waals surface area contributed by atoms with E-state index in [0.29, 0.717) is 22.0 Å². The number of halogens is 2. The molecule has 3 N–H and O–H groups in total. The van der Waals surface area contributed by atoms with Gasteiger partial charge in [-0.25, -0.2) is 0 Å². The van der Waals surface area contributed by atoms with Crippen molar-refractivity contribution < 1.29 is 14.4 Å². The predicted octanol–water partition coefficient (Wildman–Crippen LogP) is 9.18. The van der Waals surface area contributed by atoms with Crippen molar-refractivity contribution in [1.82, 2.24) is 5.32 Å². The summed E-state index contributed by atoms with van der Waals surface area (Å²) >= 11 is 13.8. The zero-order valence-corrected chi connectivity index (χ0v) is 27.0. The topological polar surface area (TPSA) is 87.3 Å². The average Bonchev–Trinajstić information content (AvgIpc) is 3.07. The molecule has 9 heteroatoms. The van der Waals surface area contributed by atoms with E-state index in [-0.39, 0.29) is 16.6 Å². The average molecular weight is 667 g/mol. The van der Waals surface area contributed by atoms with Crippen LogP contribution >= 0.6 is 35.0 Å². The van der Waals surface area contributed by atoms with Crippen LogP contribution in [0.5, 0.6) is 0 Å². The molecule has 1 unspecified atom stereocenters. The summed E-state index contributed by atoms with van der Waals surface area (Å²) in [6.07, 6.45) is 1.63. The van der Waals surface area contributed by atoms with Gasteiger partial charge in [0, 0.05) is 16.1 Å². The highest BCUT2D eigenvalue weighted by molar-refractivity contribution is 8.00. The highest BCUT2D eigenvalue weighted by Crippen LogP contribution is 2.38. The molecule has 0 aromatic heterocycles. The van der Waals surface area contributed by atoms with E-state index < -0.39 is 17.1 Å². The maximum atomic E-state index is 13.6. The van der Waals surface area contributed by atoms with Crippen LogP contribution < -0.4 is 16.0 Å². The highest BCUT2D eigenvalue weighted by atomic mass is 35.5. The van der Waals surface area contributed by atoms with Crippen LogP contribution in [-0.2, 0) is 9.59 Å². The number of thioether (sulfide) groups is 1. The summed E-state index contributed by atoms with van der Waals surface area (Å²) in [5.74, 6) is -1.20. The molecule has 0 spiro atoms. The third-order valence-electron chi connectivity index (χ3n) is 6.81. The standard InChI is InChI=1S/C37H29Cl2N3O3S/c1-24-18-20-25(21-19-24)22-32(42-35(43)27-12-6-3-7-13-27)36(44)40-28-14-8-15-29(23-28)46-34(26-10-4-2-5-11-26)37(45)41-31-17-9-16-30(38)33(31)39/h2-23,34H,1H3,(H,40,44)(H,41,45)(H,42,43)/b32-22+. The van der Waals surface area contributed by atoms with Gasteiger partial charge in [0.05, 0.1) is 15.7 Å². The third-order valence-corrected chi connectivity index (χ3v) is 8.88. The van der Waals surface area contributed by atoms with Crippen LogP contribution in [-0.4, -0.2) is 17.7 Å². The van der Waals surface area contributed by atoms with E-state index in [1.807, 2.05) is 73.7 Å². The first-order valence-electron chi connectivity index (χ1n) is 14.3. The number of anilines is 2. The molecular formula is C37H29Cl2N3O3S. The van der Waals surface area contributed by atoms with Gasteiger partial charge in [0.15, 0.2) is 0 Å². The Balaban J connectivity index is 1.38. The molecular weight excluding hydrogens is 637 g/mol. The molecule has 5 aromatic carbocycles. The van der Waals surface area contributed by atoms with Gasteiger partial charge in [0.2, 0.25) is 5.91 Å². The lowest BCUT2D eigenvalue weighted by molar-refractivity contribution is -0.116. The van der Waals surface area contributed by atoms with Crippen LogP contribution in [0.15, 0.2) is 138 Å². The largest absolute Gasteiger partial charge is 0.323 e. The van der Waals surface area contributed by atoms with Gasteiger partial charge >= 0.3 is 0 Å². The van der Waals surface area contributed by atoms with Crippen molar-refractivity contribution >= 4 is 70.1 Å². The van der Waals surface area contributed by atoms with E-state index >= 15 is 0 Å². The number of carbonyl (C=O) groups excluding carboxylic acids is 3. The summed E-state index contributed by atoms with van der Waals surface area (Å²) in [4.78, 5) is 40.9. The van der Waals surface area contributed by atoms with Crippen LogP contribution in [0.2, 0.25) is 10.0 Å². The van der Waals surface area contributed by atoms with Crippen LogP contribution in [0.25, 0.3) is 6.08 Å². The fourth-order valence-corrected chi connectivity index (χ4v) is 5.88. The number of benzene rings is 5. The number of rotatable bonds is 10. The number of hydrogen-bond acceptors (Lipinski definition) is 4. The summed E-state index contributed by atoms with van der Waals surface area (Å²) in [6, 6.07) is 37.9. The summed E-state index contributed by atoms with van der Waals surface area (Å²) in [7, 11) is 0. The molecule has 0 heterocycles. The minimum absolute atomic E-state index is 0.0794. The second-order valence-corrected chi connectivity index (χ2v) is 12.2. The van der Waals surface area contributed by atoms with Crippen molar-refractivity contribution in [3.63, 3.8) is 0 Å². The second-order valence-electron chi connectivity index (χ2n) is 10.3. The molecule has 0 fully saturated rings. The van der Waals surface area contributed by atoms with Gasteiger partial charge in [-0.1, -0.05) is 114 Å². The molecule has 6 nitrogen and oxygen atoms in total. The minimum Gasteiger partial charge on any atom is -0.323 e. The smallest absolute Gasteiger partial charge is 0.272 e. The first-order valence-corrected chi connectivity index (χ1v) is 15.9. The van der Waals surface area contributed by atoms with Crippen LogP contribution in [0.3, 0.4) is 0 Å². The molecule has 0 saturated heterocycles. The SMILES string of the molecule is Cc1ccc(/C=C(/NC(=O)c2ccccc2)C(=O)Nc2cccc(SC(C(=O)Nc3cccc(Cl)c3Cl)c3ccccc3)c2)cc1. The van der Waals surface area contributed by atoms with Gasteiger partial charge in [-0.3, -0.25) is 14.4 Å². The number of hydrogen-bond donors (Lipinski definition) is 3. The number of aryl methyl sites for hydroxylation is 1. The third kappa shape index (κ3) is 8.67. The summed E-state index contributed by atoms with van der Waals surface area (Å²) < 4.78 is 0. The molecule has 0 aliphatic heterocycles. The second kappa shape index (κ2) is 15.5. The Bertz CT molecular complexity index is 1880. The molecule has 0 aliphatic rings. The van der Waals surface area contributed by atoms with Crippen molar-refractivity contribution in [2.45, 2.75) is 17.1 Å². The molecule has 46 heavy (non-hydrogen) atoms. The fourth-order valence-electron chi connectivity index (χ4n) is 4.45. The Morgan fingerprint density at radius 3 is 2.13 bits per heavy atom. The summed E-state index contributed by atoms with van der Waals surface area (Å²) in [5.41, 5.74) is 4.01. The quantitative estimate of drug-likeness (QED) is 0.103. The lowest BCUT2D eigenvalue weighted by Gasteiger charge is -2.18. The Kier molecular flexibility index (Phi) is 10.9. The van der Waals surface area contributed by atoms with Crippen molar-refractivity contribution in [3.8, 4) is 0 Å². The van der Waals surface area contributed by atoms with E-state index in [1.165, 1.54) is 11.8 Å². The summed E-state index contributed by atoms with van der Waals surface area (Å²) in [5, 5.41) is 8.50. The van der Waals surface area contributed by atoms with Crippen molar-refractivity contribution in [2.24, 2.45) is 0 Å². The van der Waals surface area contributed by atoms with E-state index in [9.17, 15) is 14.4 Å². The van der Waals surface area contributed by atoms with Gasteiger partial charge in [-0.2, -0.15) is 0 Å². The molecule has 5 rings (SSSR count). The van der Waals surface area contributed by atoms with Crippen LogP contribution in [0, 0.1) is 6.92 Å². The van der Waals surface area contributed by atoms with Gasteiger partial charge in [0.25, 0.3) is 11.8 Å². The van der Waals surface area contributed by atoms with Gasteiger partial charge in [-0.05, 0) is 66.6 Å². The van der Waals surface area contributed by atoms with E-state index in [1.54, 1.807) is 66.7 Å². The monoisotopic (exact) mass is 665 g/mol. The molecule has 1 atom stereocenters.